The van der Waals surface area contributed by atoms with E-state index in [2.05, 4.69) is 5.10 Å². The zero-order chi connectivity index (χ0) is 10.3. The van der Waals surface area contributed by atoms with Crippen LogP contribution in [-0.2, 0) is 7.05 Å². The summed E-state index contributed by atoms with van der Waals surface area (Å²) in [6.07, 6.45) is 0. The summed E-state index contributed by atoms with van der Waals surface area (Å²) < 4.78 is 1.47. The molecule has 3 N–H and O–H groups in total. The number of aryl methyl sites for hydroxylation is 1. The first-order valence-corrected chi connectivity index (χ1v) is 4.54. The van der Waals surface area contributed by atoms with Crippen LogP contribution in [0.3, 0.4) is 0 Å². The third kappa shape index (κ3) is 1.15. The van der Waals surface area contributed by atoms with Gasteiger partial charge in [0.05, 0.1) is 10.9 Å². The maximum Gasteiger partial charge on any atom is 0.274 e. The predicted octanol–water partition coefficient (Wildman–Crippen LogP) is 0.886. The lowest BCUT2D eigenvalue weighted by molar-refractivity contribution is 0.745. The first-order chi connectivity index (χ1) is 6.61. The minimum atomic E-state index is -0.0725. The van der Waals surface area contributed by atoms with Crippen molar-refractivity contribution < 1.29 is 0 Å². The smallest absolute Gasteiger partial charge is 0.274 e. The van der Waals surface area contributed by atoms with E-state index >= 15 is 0 Å². The van der Waals surface area contributed by atoms with Crippen molar-refractivity contribution in [1.82, 2.24) is 9.78 Å². The largest absolute Gasteiger partial charge is 0.324 e. The van der Waals surface area contributed by atoms with Crippen molar-refractivity contribution in [2.75, 3.05) is 0 Å². The van der Waals surface area contributed by atoms with Crippen LogP contribution in [-0.4, -0.2) is 9.78 Å². The van der Waals surface area contributed by atoms with Crippen molar-refractivity contribution in [3.63, 3.8) is 0 Å². The fourth-order valence-electron chi connectivity index (χ4n) is 1.65. The number of rotatable bonds is 1. The number of benzene rings is 1. The van der Waals surface area contributed by atoms with Crippen LogP contribution in [0.4, 0.5) is 0 Å². The Morgan fingerprint density at radius 1 is 1.50 bits per heavy atom. The van der Waals surface area contributed by atoms with E-state index in [0.29, 0.717) is 5.39 Å². The monoisotopic (exact) mass is 191 g/mol. The van der Waals surface area contributed by atoms with Gasteiger partial charge in [0.25, 0.3) is 5.56 Å². The highest BCUT2D eigenvalue weighted by molar-refractivity contribution is 5.81. The fourth-order valence-corrected chi connectivity index (χ4v) is 1.65. The van der Waals surface area contributed by atoms with Crippen LogP contribution in [0.15, 0.2) is 23.0 Å². The molecule has 1 atom stereocenters. The Labute approximate surface area is 81.3 Å². The van der Waals surface area contributed by atoms with Crippen molar-refractivity contribution in [2.45, 2.75) is 13.0 Å². The van der Waals surface area contributed by atoms with Crippen LogP contribution in [0.2, 0.25) is 0 Å². The summed E-state index contributed by atoms with van der Waals surface area (Å²) in [4.78, 5) is 11.6. The molecule has 0 spiro atoms. The van der Waals surface area contributed by atoms with Gasteiger partial charge in [-0.05, 0) is 18.6 Å². The molecule has 1 aromatic heterocycles. The van der Waals surface area contributed by atoms with E-state index in [0.717, 1.165) is 11.1 Å². The van der Waals surface area contributed by atoms with Gasteiger partial charge in [-0.3, -0.25) is 14.6 Å². The van der Waals surface area contributed by atoms with E-state index in [-0.39, 0.29) is 11.6 Å². The van der Waals surface area contributed by atoms with Gasteiger partial charge in [-0.15, -0.1) is 0 Å². The zero-order valence-corrected chi connectivity index (χ0v) is 8.24. The van der Waals surface area contributed by atoms with Gasteiger partial charge in [0.2, 0.25) is 0 Å². The van der Waals surface area contributed by atoms with Gasteiger partial charge in [-0.25, -0.2) is 0 Å². The van der Waals surface area contributed by atoms with Gasteiger partial charge < -0.3 is 5.73 Å². The number of H-pyrrole nitrogens is 1. The topological polar surface area (TPSA) is 63.8 Å². The number of nitrogens with two attached hydrogens (primary N) is 1. The molecule has 0 aliphatic rings. The standard InChI is InChI=1S/C10H13N3O/c1-6(11)7-4-3-5-8-9(7)12-13(2)10(8)14/h3-6,12H,11H2,1-2H3. The van der Waals surface area contributed by atoms with Gasteiger partial charge >= 0.3 is 0 Å². The molecule has 0 aliphatic carbocycles. The SMILES string of the molecule is CC(N)c1cccc2c(=O)n(C)[nH]c12. The molecule has 0 saturated carbocycles. The van der Waals surface area contributed by atoms with E-state index in [1.807, 2.05) is 19.1 Å². The molecule has 0 radical (unpaired) electrons. The Morgan fingerprint density at radius 3 is 2.86 bits per heavy atom. The number of hydrogen-bond acceptors (Lipinski definition) is 2. The van der Waals surface area contributed by atoms with Gasteiger partial charge in [0, 0.05) is 13.1 Å². The Hall–Kier alpha value is -1.55. The Morgan fingerprint density at radius 2 is 2.21 bits per heavy atom. The molecule has 14 heavy (non-hydrogen) atoms. The molecule has 1 aromatic carbocycles. The minimum absolute atomic E-state index is 0.0116. The highest BCUT2D eigenvalue weighted by atomic mass is 16.1. The number of nitrogens with one attached hydrogen (secondary N) is 1. The molecule has 0 bridgehead atoms. The van der Waals surface area contributed by atoms with Crippen LogP contribution in [0.25, 0.3) is 10.9 Å². The summed E-state index contributed by atoms with van der Waals surface area (Å²) in [5.41, 5.74) is 7.61. The summed E-state index contributed by atoms with van der Waals surface area (Å²) in [7, 11) is 1.70. The molecular formula is C10H13N3O. The van der Waals surface area contributed by atoms with E-state index in [9.17, 15) is 4.79 Å². The number of nitrogens with zero attached hydrogens (tertiary/aromatic N) is 1. The van der Waals surface area contributed by atoms with Gasteiger partial charge in [-0.2, -0.15) is 0 Å². The number of fused-ring (bicyclic) bond motifs is 1. The summed E-state index contributed by atoms with van der Waals surface area (Å²) in [6, 6.07) is 5.52. The van der Waals surface area contributed by atoms with E-state index < -0.39 is 0 Å². The van der Waals surface area contributed by atoms with Crippen molar-refractivity contribution in [3.8, 4) is 0 Å². The second kappa shape index (κ2) is 2.99. The van der Waals surface area contributed by atoms with E-state index in [1.165, 1.54) is 4.68 Å². The highest BCUT2D eigenvalue weighted by Gasteiger charge is 2.09. The number of aromatic amines is 1. The Balaban J connectivity index is 2.88. The van der Waals surface area contributed by atoms with Gasteiger partial charge in [0.1, 0.15) is 0 Å². The predicted molar refractivity (Wildman–Crippen MR) is 56.1 cm³/mol. The number of para-hydroxylation sites is 1. The molecule has 0 fully saturated rings. The lowest BCUT2D eigenvalue weighted by Crippen LogP contribution is -2.10. The van der Waals surface area contributed by atoms with Crippen LogP contribution >= 0.6 is 0 Å². The Kier molecular flexibility index (Phi) is 1.93. The van der Waals surface area contributed by atoms with Gasteiger partial charge in [-0.1, -0.05) is 12.1 Å². The molecule has 74 valence electrons. The Bertz CT molecular complexity index is 522. The van der Waals surface area contributed by atoms with Crippen molar-refractivity contribution in [3.05, 3.63) is 34.1 Å². The average molecular weight is 191 g/mol. The zero-order valence-electron chi connectivity index (χ0n) is 8.24. The van der Waals surface area contributed by atoms with Crippen LogP contribution in [0.1, 0.15) is 18.5 Å². The molecule has 0 aliphatic heterocycles. The fraction of sp³-hybridized carbons (Fsp3) is 0.300. The molecule has 2 aromatic rings. The van der Waals surface area contributed by atoms with Crippen molar-refractivity contribution in [2.24, 2.45) is 12.8 Å². The van der Waals surface area contributed by atoms with Crippen LogP contribution in [0.5, 0.6) is 0 Å². The quantitative estimate of drug-likeness (QED) is 0.703. The molecule has 4 nitrogen and oxygen atoms in total. The minimum Gasteiger partial charge on any atom is -0.324 e. The summed E-state index contributed by atoms with van der Waals surface area (Å²) in [6.45, 7) is 1.90. The first kappa shape index (κ1) is 9.02. The number of hydrogen-bond donors (Lipinski definition) is 2. The van der Waals surface area contributed by atoms with Crippen LogP contribution in [0, 0.1) is 0 Å². The van der Waals surface area contributed by atoms with E-state index in [4.69, 9.17) is 5.73 Å². The van der Waals surface area contributed by atoms with E-state index in [1.54, 1.807) is 13.1 Å². The number of aromatic nitrogens is 2. The highest BCUT2D eigenvalue weighted by Crippen LogP contribution is 2.18. The summed E-state index contributed by atoms with van der Waals surface area (Å²) in [5.74, 6) is 0. The maximum atomic E-state index is 11.6. The molecule has 1 unspecified atom stereocenters. The third-order valence-corrected chi connectivity index (χ3v) is 2.40. The molecule has 0 saturated heterocycles. The van der Waals surface area contributed by atoms with Crippen molar-refractivity contribution in [1.29, 1.82) is 0 Å². The van der Waals surface area contributed by atoms with Gasteiger partial charge in [0.15, 0.2) is 0 Å². The molecule has 4 heteroatoms. The molecular weight excluding hydrogens is 178 g/mol. The molecule has 1 heterocycles. The summed E-state index contributed by atoms with van der Waals surface area (Å²) in [5, 5.41) is 3.70. The second-order valence-corrected chi connectivity index (χ2v) is 3.53. The third-order valence-electron chi connectivity index (χ3n) is 2.40. The van der Waals surface area contributed by atoms with Crippen molar-refractivity contribution >= 4 is 10.9 Å². The second-order valence-electron chi connectivity index (χ2n) is 3.53. The molecule has 2 rings (SSSR count). The van der Waals surface area contributed by atoms with Crippen LogP contribution < -0.4 is 11.3 Å². The normalized spacial score (nSPS) is 13.4. The average Bonchev–Trinajstić information content (AvgIpc) is 2.43. The lowest BCUT2D eigenvalue weighted by atomic mass is 10.1. The lowest BCUT2D eigenvalue weighted by Gasteiger charge is -2.05. The summed E-state index contributed by atoms with van der Waals surface area (Å²) >= 11 is 0. The first-order valence-electron chi connectivity index (χ1n) is 4.54. The molecule has 0 amide bonds. The maximum absolute atomic E-state index is 11.6.